The second-order valence-electron chi connectivity index (χ2n) is 31.8. The van der Waals surface area contributed by atoms with Gasteiger partial charge in [-0.15, -0.1) is 0 Å². The zero-order valence-corrected chi connectivity index (χ0v) is 66.0. The van der Waals surface area contributed by atoms with Crippen LogP contribution in [-0.4, -0.2) is 19.9 Å². The quantitative estimate of drug-likeness (QED) is 0.107. The van der Waals surface area contributed by atoms with E-state index >= 15 is 0 Å². The summed E-state index contributed by atoms with van der Waals surface area (Å²) in [6.45, 7) is 0. The Labute approximate surface area is 702 Å². The molecule has 24 rings (SSSR count). The normalized spacial score (nSPS) is 11.8. The van der Waals surface area contributed by atoms with E-state index in [0.29, 0.717) is 11.6 Å². The largest absolute Gasteiger partial charge is 0.456 e. The van der Waals surface area contributed by atoms with Crippen LogP contribution in [0.4, 0.5) is 0 Å². The first-order chi connectivity index (χ1) is 60.4. The van der Waals surface area contributed by atoms with Crippen molar-refractivity contribution in [1.82, 2.24) is 19.9 Å². The van der Waals surface area contributed by atoms with E-state index in [4.69, 9.17) is 28.8 Å². The van der Waals surface area contributed by atoms with Gasteiger partial charge in [-0.2, -0.15) is 0 Å². The first kappa shape index (κ1) is 70.0. The minimum absolute atomic E-state index is 0.648. The summed E-state index contributed by atoms with van der Waals surface area (Å²) < 4.78 is 12.9. The molecule has 20 aromatic carbocycles. The van der Waals surface area contributed by atoms with Crippen LogP contribution in [0.1, 0.15) is 0 Å². The summed E-state index contributed by atoms with van der Waals surface area (Å²) in [5.74, 6) is 1.32. The van der Waals surface area contributed by atoms with Crippen LogP contribution >= 0.6 is 0 Å². The van der Waals surface area contributed by atoms with Crippen LogP contribution in [0.15, 0.2) is 433 Å². The third kappa shape index (κ3) is 12.3. The van der Waals surface area contributed by atoms with Crippen LogP contribution < -0.4 is 0 Å². The highest BCUT2D eigenvalue weighted by Crippen LogP contribution is 2.45. The summed E-state index contributed by atoms with van der Waals surface area (Å²) >= 11 is 0. The minimum Gasteiger partial charge on any atom is -0.456 e. The summed E-state index contributed by atoms with van der Waals surface area (Å²) in [7, 11) is 0. The molecule has 4 heterocycles. The second-order valence-corrected chi connectivity index (χ2v) is 31.8. The molecular weight excluding hydrogens is 1480 g/mol. The van der Waals surface area contributed by atoms with E-state index in [2.05, 4.69) is 400 Å². The Morgan fingerprint density at radius 3 is 0.803 bits per heavy atom. The highest BCUT2D eigenvalue weighted by atomic mass is 16.3. The Morgan fingerprint density at radius 1 is 0.131 bits per heavy atom. The highest BCUT2D eigenvalue weighted by Gasteiger charge is 2.21. The van der Waals surface area contributed by atoms with Gasteiger partial charge < -0.3 is 8.83 Å². The number of hydrogen-bond acceptors (Lipinski definition) is 6. The maximum atomic E-state index is 6.66. The van der Waals surface area contributed by atoms with Gasteiger partial charge in [0.15, 0.2) is 11.6 Å². The molecular formula is C116H70N4O2. The standard InChI is InChI=1S/C116H70N4O2/c1-2-15-80(16-3-1)106-69-107(118-115(117-106)84-53-41-76(42-54-84)86-57-61-99-95-21-6-4-17-91(95)93-19-8-10-23-97(93)103(99)65-86)81-47-35-73(36-48-81)71-29-31-75(32-30-71)88-60-64-111-105(67-88)101-63-59-89(68-113(101)122-111)78-39-51-83(52-40-78)109-70-108(82-49-37-74(38-50-82)72-33-45-79(46-34-72)90-26-14-28-112-114(90)102-25-12-13-27-110(102)121-112)119-116(120-109)85-55-43-77(44-56-85)87-58-62-100-96-22-7-5-18-92(96)94-20-9-11-24-98(94)104(100)66-87/h1-70H. The molecule has 0 amide bonds. The van der Waals surface area contributed by atoms with E-state index in [1.807, 2.05) is 24.3 Å². The monoisotopic (exact) mass is 1550 g/mol. The van der Waals surface area contributed by atoms with Crippen molar-refractivity contribution in [3.63, 3.8) is 0 Å². The van der Waals surface area contributed by atoms with Gasteiger partial charge in [0.05, 0.1) is 22.8 Å². The highest BCUT2D eigenvalue weighted by molar-refractivity contribution is 6.27. The minimum atomic E-state index is 0.648. The van der Waals surface area contributed by atoms with Gasteiger partial charge in [-0.3, -0.25) is 0 Å². The van der Waals surface area contributed by atoms with Gasteiger partial charge >= 0.3 is 0 Å². The van der Waals surface area contributed by atoms with Gasteiger partial charge in [0.1, 0.15) is 22.3 Å². The number of benzene rings is 20. The molecule has 24 aromatic rings. The van der Waals surface area contributed by atoms with Crippen molar-refractivity contribution in [3.8, 4) is 146 Å². The lowest BCUT2D eigenvalue weighted by molar-refractivity contribution is 0.668. The van der Waals surface area contributed by atoms with Crippen molar-refractivity contribution in [3.05, 3.63) is 425 Å². The second kappa shape index (κ2) is 28.8. The van der Waals surface area contributed by atoms with Crippen LogP contribution in [-0.2, 0) is 0 Å². The molecule has 0 saturated carbocycles. The number of fused-ring (bicyclic) bond motifs is 18. The van der Waals surface area contributed by atoms with E-state index in [9.17, 15) is 0 Å². The average Bonchev–Trinajstić information content (AvgIpc) is 1.01. The Hall–Kier alpha value is -16.3. The van der Waals surface area contributed by atoms with Crippen LogP contribution in [0.25, 0.3) is 254 Å². The predicted octanol–water partition coefficient (Wildman–Crippen LogP) is 31.7. The summed E-state index contributed by atoms with van der Waals surface area (Å²) in [6.07, 6.45) is 0. The third-order valence-electron chi connectivity index (χ3n) is 24.8. The van der Waals surface area contributed by atoms with Gasteiger partial charge in [-0.1, -0.05) is 364 Å². The zero-order chi connectivity index (χ0) is 80.3. The van der Waals surface area contributed by atoms with Crippen LogP contribution in [0.2, 0.25) is 0 Å². The SMILES string of the molecule is c1ccc(-c2cc(-c3ccc(-c4ccc(-c5ccc6oc7cc(-c8ccc(-c9cc(-c%10ccc(-c%11ccc(-c%12cccc%13oc%14ccccc%14c%12%13)cc%11)cc%10)nc(-c%10ccc(-c%11ccc%12c%13ccccc%13c%13ccccc%13c%12c%11)cc%10)n9)cc8)ccc7c6c5)cc4)cc3)nc(-c3ccc(-c4ccc5c6ccccc6c6ccccc6c5c4)cc3)n2)cc1. The van der Waals surface area contributed by atoms with E-state index < -0.39 is 0 Å². The van der Waals surface area contributed by atoms with Crippen molar-refractivity contribution in [1.29, 1.82) is 0 Å². The summed E-state index contributed by atoms with van der Waals surface area (Å²) in [6, 6.07) is 152. The molecule has 6 nitrogen and oxygen atoms in total. The van der Waals surface area contributed by atoms with E-state index in [0.717, 1.165) is 172 Å². The molecule has 0 aliphatic rings. The van der Waals surface area contributed by atoms with Crippen LogP contribution in [0, 0.1) is 0 Å². The number of hydrogen-bond donors (Lipinski definition) is 0. The smallest absolute Gasteiger partial charge is 0.160 e. The molecule has 0 saturated heterocycles. The molecule has 6 heteroatoms. The van der Waals surface area contributed by atoms with Crippen molar-refractivity contribution < 1.29 is 8.83 Å². The molecule has 0 unspecified atom stereocenters. The first-order valence-corrected chi connectivity index (χ1v) is 41.5. The average molecular weight is 1550 g/mol. The Bertz CT molecular complexity index is 8230. The van der Waals surface area contributed by atoms with E-state index in [-0.39, 0.29) is 0 Å². The maximum Gasteiger partial charge on any atom is 0.160 e. The summed E-state index contributed by atoms with van der Waals surface area (Å²) in [4.78, 5) is 21.2. The fraction of sp³-hybridized carbons (Fsp3) is 0. The summed E-state index contributed by atoms with van der Waals surface area (Å²) in [5.41, 5.74) is 28.5. The fourth-order valence-electron chi connectivity index (χ4n) is 18.5. The lowest BCUT2D eigenvalue weighted by Gasteiger charge is -2.13. The molecule has 0 radical (unpaired) electrons. The molecule has 566 valence electrons. The lowest BCUT2D eigenvalue weighted by atomic mass is 9.92. The first-order valence-electron chi connectivity index (χ1n) is 41.5. The van der Waals surface area contributed by atoms with E-state index in [1.54, 1.807) is 0 Å². The van der Waals surface area contributed by atoms with Crippen LogP contribution in [0.3, 0.4) is 0 Å². The van der Waals surface area contributed by atoms with Crippen molar-refractivity contribution in [2.45, 2.75) is 0 Å². The molecule has 122 heavy (non-hydrogen) atoms. The van der Waals surface area contributed by atoms with Crippen molar-refractivity contribution in [2.75, 3.05) is 0 Å². The molecule has 0 aliphatic carbocycles. The molecule has 0 fully saturated rings. The number of para-hydroxylation sites is 1. The summed E-state index contributed by atoms with van der Waals surface area (Å²) in [5, 5.41) is 19.5. The fourth-order valence-corrected chi connectivity index (χ4v) is 18.5. The topological polar surface area (TPSA) is 77.8 Å². The molecule has 0 aliphatic heterocycles. The zero-order valence-electron chi connectivity index (χ0n) is 66.0. The lowest BCUT2D eigenvalue weighted by Crippen LogP contribution is -1.96. The molecule has 0 atom stereocenters. The number of furan rings is 2. The predicted molar refractivity (Wildman–Crippen MR) is 508 cm³/mol. The molecule has 0 spiro atoms. The Kier molecular flexibility index (Phi) is 16.5. The van der Waals surface area contributed by atoms with Gasteiger partial charge in [-0.25, -0.2) is 19.9 Å². The van der Waals surface area contributed by atoms with Gasteiger partial charge in [0.2, 0.25) is 0 Å². The van der Waals surface area contributed by atoms with Crippen molar-refractivity contribution >= 4 is 109 Å². The van der Waals surface area contributed by atoms with E-state index in [1.165, 1.54) is 70.2 Å². The molecule has 0 N–H and O–H groups in total. The van der Waals surface area contributed by atoms with Gasteiger partial charge in [0.25, 0.3) is 0 Å². The third-order valence-corrected chi connectivity index (χ3v) is 24.8. The molecule has 0 bridgehead atoms. The number of rotatable bonds is 13. The molecule has 4 aromatic heterocycles. The van der Waals surface area contributed by atoms with Gasteiger partial charge in [0, 0.05) is 54.9 Å². The van der Waals surface area contributed by atoms with Gasteiger partial charge in [-0.05, 0) is 203 Å². The Morgan fingerprint density at radius 2 is 0.393 bits per heavy atom. The van der Waals surface area contributed by atoms with Crippen molar-refractivity contribution in [2.24, 2.45) is 0 Å². The van der Waals surface area contributed by atoms with Crippen LogP contribution in [0.5, 0.6) is 0 Å². The maximum absolute atomic E-state index is 6.66. The Balaban J connectivity index is 0.495. The number of nitrogens with zero attached hydrogens (tertiary/aromatic N) is 4. The number of aromatic nitrogens is 4.